The summed E-state index contributed by atoms with van der Waals surface area (Å²) in [6.45, 7) is 9.85. The Balaban J connectivity index is 1.83. The zero-order valence-corrected chi connectivity index (χ0v) is 13.5. The third-order valence-electron chi connectivity index (χ3n) is 5.63. The van der Waals surface area contributed by atoms with Crippen molar-refractivity contribution in [2.24, 2.45) is 5.92 Å². The molecule has 1 aromatic rings. The zero-order valence-electron chi connectivity index (χ0n) is 13.5. The van der Waals surface area contributed by atoms with Gasteiger partial charge >= 0.3 is 0 Å². The van der Waals surface area contributed by atoms with Crippen LogP contribution in [0.15, 0.2) is 24.3 Å². The van der Waals surface area contributed by atoms with Crippen LogP contribution in [0.5, 0.6) is 0 Å². The summed E-state index contributed by atoms with van der Waals surface area (Å²) in [6.07, 6.45) is 3.79. The Morgan fingerprint density at radius 2 is 2.10 bits per heavy atom. The van der Waals surface area contributed by atoms with Crippen molar-refractivity contribution in [2.45, 2.75) is 57.7 Å². The van der Waals surface area contributed by atoms with Crippen molar-refractivity contribution in [3.8, 4) is 0 Å². The quantitative estimate of drug-likeness (QED) is 0.912. The predicted molar refractivity (Wildman–Crippen MR) is 84.6 cm³/mol. The minimum absolute atomic E-state index is 0.131. The maximum Gasteiger partial charge on any atom is 0.123 e. The van der Waals surface area contributed by atoms with Gasteiger partial charge in [-0.15, -0.1) is 0 Å². The standard InChI is InChI=1S/C18H27FN2/c1-4-17(2)13-21(11-14-6-5-7-16(19)10-14)18(3,12-20-17)15-8-9-15/h5-7,10,15,20H,4,8-9,11-13H2,1-3H3. The minimum Gasteiger partial charge on any atom is -0.308 e. The van der Waals surface area contributed by atoms with Crippen LogP contribution in [0.4, 0.5) is 4.39 Å². The van der Waals surface area contributed by atoms with Crippen molar-refractivity contribution >= 4 is 0 Å². The van der Waals surface area contributed by atoms with Gasteiger partial charge in [-0.2, -0.15) is 0 Å². The first-order valence-electron chi connectivity index (χ1n) is 8.20. The third-order valence-corrected chi connectivity index (χ3v) is 5.63. The van der Waals surface area contributed by atoms with Crippen molar-refractivity contribution in [1.29, 1.82) is 0 Å². The lowest BCUT2D eigenvalue weighted by Crippen LogP contribution is -2.68. The molecule has 0 spiro atoms. The average molecular weight is 290 g/mol. The van der Waals surface area contributed by atoms with E-state index in [1.165, 1.54) is 18.9 Å². The molecule has 0 radical (unpaired) electrons. The van der Waals surface area contributed by atoms with E-state index in [2.05, 4.69) is 31.0 Å². The van der Waals surface area contributed by atoms with Gasteiger partial charge in [0.15, 0.2) is 0 Å². The SMILES string of the molecule is CCC1(C)CN(Cc2cccc(F)c2)C(C)(C2CC2)CN1. The van der Waals surface area contributed by atoms with Crippen LogP contribution in [0.1, 0.15) is 45.6 Å². The fraction of sp³-hybridized carbons (Fsp3) is 0.667. The molecule has 1 N–H and O–H groups in total. The van der Waals surface area contributed by atoms with Crippen LogP contribution < -0.4 is 5.32 Å². The summed E-state index contributed by atoms with van der Waals surface area (Å²) < 4.78 is 13.5. The average Bonchev–Trinajstić information content (AvgIpc) is 3.28. The normalized spacial score (nSPS) is 34.1. The molecule has 1 aliphatic heterocycles. The van der Waals surface area contributed by atoms with Gasteiger partial charge in [0, 0.05) is 30.7 Å². The van der Waals surface area contributed by atoms with Gasteiger partial charge in [0.05, 0.1) is 0 Å². The number of hydrogen-bond acceptors (Lipinski definition) is 2. The largest absolute Gasteiger partial charge is 0.308 e. The fourth-order valence-corrected chi connectivity index (χ4v) is 3.60. The van der Waals surface area contributed by atoms with Gasteiger partial charge in [-0.3, -0.25) is 4.90 Å². The molecule has 1 heterocycles. The Bertz CT molecular complexity index is 514. The van der Waals surface area contributed by atoms with Gasteiger partial charge in [-0.25, -0.2) is 4.39 Å². The van der Waals surface area contributed by atoms with Gasteiger partial charge in [-0.05, 0) is 56.7 Å². The number of hydrogen-bond donors (Lipinski definition) is 1. The van der Waals surface area contributed by atoms with Crippen molar-refractivity contribution in [3.63, 3.8) is 0 Å². The summed E-state index contributed by atoms with van der Waals surface area (Å²) in [7, 11) is 0. The molecule has 3 rings (SSSR count). The van der Waals surface area contributed by atoms with E-state index >= 15 is 0 Å². The highest BCUT2D eigenvalue weighted by Gasteiger charge is 2.50. The molecule has 0 aromatic heterocycles. The number of halogens is 1. The monoisotopic (exact) mass is 290 g/mol. The summed E-state index contributed by atoms with van der Waals surface area (Å²) in [4.78, 5) is 2.60. The van der Waals surface area contributed by atoms with E-state index in [0.717, 1.165) is 37.5 Å². The van der Waals surface area contributed by atoms with Crippen LogP contribution in [-0.4, -0.2) is 29.1 Å². The second-order valence-corrected chi connectivity index (χ2v) is 7.39. The van der Waals surface area contributed by atoms with Crippen molar-refractivity contribution in [2.75, 3.05) is 13.1 Å². The van der Waals surface area contributed by atoms with Crippen molar-refractivity contribution in [1.82, 2.24) is 10.2 Å². The highest BCUT2D eigenvalue weighted by Crippen LogP contribution is 2.45. The molecule has 1 aromatic carbocycles. The predicted octanol–water partition coefficient (Wildman–Crippen LogP) is 3.57. The van der Waals surface area contributed by atoms with E-state index in [1.54, 1.807) is 6.07 Å². The Morgan fingerprint density at radius 1 is 1.33 bits per heavy atom. The molecule has 2 atom stereocenters. The molecular formula is C18H27FN2. The lowest BCUT2D eigenvalue weighted by atomic mass is 9.84. The highest BCUT2D eigenvalue weighted by molar-refractivity contribution is 5.18. The minimum atomic E-state index is -0.131. The van der Waals surface area contributed by atoms with E-state index in [1.807, 2.05) is 12.1 Å². The maximum absolute atomic E-state index is 13.5. The van der Waals surface area contributed by atoms with Crippen molar-refractivity contribution < 1.29 is 4.39 Å². The number of nitrogens with zero attached hydrogens (tertiary/aromatic N) is 1. The van der Waals surface area contributed by atoms with Crippen LogP contribution in [0.3, 0.4) is 0 Å². The van der Waals surface area contributed by atoms with Crippen LogP contribution >= 0.6 is 0 Å². The molecule has 116 valence electrons. The van der Waals surface area contributed by atoms with Gasteiger partial charge in [0.2, 0.25) is 0 Å². The van der Waals surface area contributed by atoms with Crippen LogP contribution in [0.2, 0.25) is 0 Å². The number of rotatable bonds is 4. The molecular weight excluding hydrogens is 263 g/mol. The molecule has 2 aliphatic rings. The van der Waals surface area contributed by atoms with E-state index < -0.39 is 0 Å². The molecule has 0 bridgehead atoms. The van der Waals surface area contributed by atoms with E-state index in [-0.39, 0.29) is 16.9 Å². The topological polar surface area (TPSA) is 15.3 Å². The molecule has 2 unspecified atom stereocenters. The summed E-state index contributed by atoms with van der Waals surface area (Å²) in [5, 5.41) is 3.77. The van der Waals surface area contributed by atoms with Gasteiger partial charge in [0.1, 0.15) is 5.82 Å². The lowest BCUT2D eigenvalue weighted by Gasteiger charge is -2.53. The number of piperazine rings is 1. The molecule has 1 saturated heterocycles. The maximum atomic E-state index is 13.5. The van der Waals surface area contributed by atoms with E-state index in [9.17, 15) is 4.39 Å². The Hall–Kier alpha value is -0.930. The molecule has 2 fully saturated rings. The van der Waals surface area contributed by atoms with Gasteiger partial charge < -0.3 is 5.32 Å². The Kier molecular flexibility index (Phi) is 3.83. The lowest BCUT2D eigenvalue weighted by molar-refractivity contribution is -0.00139. The molecule has 1 saturated carbocycles. The third kappa shape index (κ3) is 3.00. The molecule has 0 amide bonds. The second-order valence-electron chi connectivity index (χ2n) is 7.39. The molecule has 3 heteroatoms. The van der Waals surface area contributed by atoms with Crippen LogP contribution in [0, 0.1) is 11.7 Å². The number of nitrogens with one attached hydrogen (secondary N) is 1. The first-order chi connectivity index (χ1) is 9.95. The van der Waals surface area contributed by atoms with Gasteiger partial charge in [0.25, 0.3) is 0 Å². The molecule has 2 nitrogen and oxygen atoms in total. The molecule has 1 aliphatic carbocycles. The fourth-order valence-electron chi connectivity index (χ4n) is 3.60. The van der Waals surface area contributed by atoms with Crippen LogP contribution in [-0.2, 0) is 6.54 Å². The Morgan fingerprint density at radius 3 is 2.71 bits per heavy atom. The second kappa shape index (κ2) is 5.36. The summed E-state index contributed by atoms with van der Waals surface area (Å²) in [5.74, 6) is 0.661. The summed E-state index contributed by atoms with van der Waals surface area (Å²) in [5.41, 5.74) is 1.46. The first-order valence-corrected chi connectivity index (χ1v) is 8.20. The first kappa shape index (κ1) is 15.0. The summed E-state index contributed by atoms with van der Waals surface area (Å²) >= 11 is 0. The smallest absolute Gasteiger partial charge is 0.123 e. The Labute approximate surface area is 127 Å². The molecule has 21 heavy (non-hydrogen) atoms. The van der Waals surface area contributed by atoms with E-state index in [4.69, 9.17) is 0 Å². The highest BCUT2D eigenvalue weighted by atomic mass is 19.1. The zero-order chi connectivity index (χ0) is 15.1. The van der Waals surface area contributed by atoms with Gasteiger partial charge in [-0.1, -0.05) is 19.1 Å². The van der Waals surface area contributed by atoms with Crippen molar-refractivity contribution in [3.05, 3.63) is 35.6 Å². The summed E-state index contributed by atoms with van der Waals surface area (Å²) in [6, 6.07) is 7.07. The number of benzene rings is 1. The van der Waals surface area contributed by atoms with Crippen LogP contribution in [0.25, 0.3) is 0 Å². The van der Waals surface area contributed by atoms with E-state index in [0.29, 0.717) is 0 Å².